The summed E-state index contributed by atoms with van der Waals surface area (Å²) in [6.45, 7) is 2.15. The van der Waals surface area contributed by atoms with E-state index in [9.17, 15) is 9.59 Å². The molecule has 5 nitrogen and oxygen atoms in total. The third-order valence-electron chi connectivity index (χ3n) is 4.49. The summed E-state index contributed by atoms with van der Waals surface area (Å²) in [5, 5.41) is 6.71. The van der Waals surface area contributed by atoms with E-state index in [1.807, 2.05) is 31.2 Å². The molecule has 2 aromatic rings. The van der Waals surface area contributed by atoms with Crippen LogP contribution in [0.4, 0.5) is 5.69 Å². The van der Waals surface area contributed by atoms with E-state index in [1.54, 1.807) is 18.2 Å². The monoisotopic (exact) mass is 420 g/mol. The lowest BCUT2D eigenvalue weighted by Gasteiger charge is -2.15. The highest BCUT2D eigenvalue weighted by Gasteiger charge is 2.29. The second-order valence-electron chi connectivity index (χ2n) is 6.85. The van der Waals surface area contributed by atoms with Gasteiger partial charge in [-0.1, -0.05) is 35.3 Å². The van der Waals surface area contributed by atoms with Crippen molar-refractivity contribution in [2.24, 2.45) is 5.92 Å². The summed E-state index contributed by atoms with van der Waals surface area (Å²) < 4.78 is 5.53. The van der Waals surface area contributed by atoms with Crippen molar-refractivity contribution in [3.63, 3.8) is 0 Å². The molecule has 0 radical (unpaired) electrons. The number of ether oxygens (including phenoxy) is 1. The molecule has 0 unspecified atom stereocenters. The van der Waals surface area contributed by atoms with Crippen LogP contribution in [0.3, 0.4) is 0 Å². The molecule has 2 aromatic carbocycles. The van der Waals surface area contributed by atoms with Crippen LogP contribution in [0.1, 0.15) is 37.8 Å². The van der Waals surface area contributed by atoms with Gasteiger partial charge in [0, 0.05) is 17.7 Å². The minimum absolute atomic E-state index is 0.0797. The number of carbonyl (C=O) groups is 2. The molecule has 2 amide bonds. The number of carbonyl (C=O) groups excluding carboxylic acids is 2. The van der Waals surface area contributed by atoms with Crippen molar-refractivity contribution in [2.45, 2.75) is 32.2 Å². The topological polar surface area (TPSA) is 67.4 Å². The van der Waals surface area contributed by atoms with Crippen LogP contribution in [0.25, 0.3) is 0 Å². The Hall–Kier alpha value is -2.24. The number of rotatable bonds is 8. The van der Waals surface area contributed by atoms with Crippen molar-refractivity contribution < 1.29 is 14.3 Å². The van der Waals surface area contributed by atoms with Crippen LogP contribution >= 0.6 is 23.2 Å². The second-order valence-corrected chi connectivity index (χ2v) is 7.66. The Balaban J connectivity index is 1.42. The highest BCUT2D eigenvalue weighted by Crippen LogP contribution is 2.30. The zero-order chi connectivity index (χ0) is 20.1. The summed E-state index contributed by atoms with van der Waals surface area (Å²) in [6.07, 6.45) is 2.17. The predicted molar refractivity (Wildman–Crippen MR) is 111 cm³/mol. The van der Waals surface area contributed by atoms with Gasteiger partial charge in [0.2, 0.25) is 11.8 Å². The standard InChI is InChI=1S/C21H22Cl2N2O3/c1-13(14-4-6-16(7-5-14)25-21(27)15-2-3-15)24-20(26)10-11-28-17-8-9-18(22)19(23)12-17/h4-9,12-13,15H,2-3,10-11H2,1H3,(H,24,26)(H,25,27)/t13-/m1/s1. The van der Waals surface area contributed by atoms with Crippen LogP contribution < -0.4 is 15.4 Å². The number of anilines is 1. The normalized spacial score (nSPS) is 14.2. The SMILES string of the molecule is C[C@@H](NC(=O)CCOc1ccc(Cl)c(Cl)c1)c1ccc(NC(=O)C2CC2)cc1. The van der Waals surface area contributed by atoms with Crippen molar-refractivity contribution in [2.75, 3.05) is 11.9 Å². The van der Waals surface area contributed by atoms with Crippen molar-refractivity contribution in [3.8, 4) is 5.75 Å². The van der Waals surface area contributed by atoms with Gasteiger partial charge in [0.05, 0.1) is 29.1 Å². The van der Waals surface area contributed by atoms with Crippen LogP contribution in [0.15, 0.2) is 42.5 Å². The van der Waals surface area contributed by atoms with E-state index in [-0.39, 0.29) is 36.8 Å². The van der Waals surface area contributed by atoms with Crippen molar-refractivity contribution in [1.29, 1.82) is 0 Å². The fourth-order valence-corrected chi connectivity index (χ4v) is 2.96. The Bertz CT molecular complexity index is 851. The predicted octanol–water partition coefficient (Wildman–Crippen LogP) is 4.99. The van der Waals surface area contributed by atoms with Crippen LogP contribution in [-0.4, -0.2) is 18.4 Å². The number of hydrogen-bond acceptors (Lipinski definition) is 3. The van der Waals surface area contributed by atoms with Crippen LogP contribution in [0, 0.1) is 5.92 Å². The van der Waals surface area contributed by atoms with Crippen LogP contribution in [-0.2, 0) is 9.59 Å². The van der Waals surface area contributed by atoms with Gasteiger partial charge in [-0.25, -0.2) is 0 Å². The Morgan fingerprint density at radius 2 is 1.82 bits per heavy atom. The summed E-state index contributed by atoms with van der Waals surface area (Å²) in [6, 6.07) is 12.3. The van der Waals surface area contributed by atoms with Crippen molar-refractivity contribution in [3.05, 3.63) is 58.1 Å². The summed E-state index contributed by atoms with van der Waals surface area (Å²) in [5.74, 6) is 0.706. The average Bonchev–Trinajstić information content (AvgIpc) is 3.50. The number of hydrogen-bond donors (Lipinski definition) is 2. The molecule has 0 aromatic heterocycles. The van der Waals surface area contributed by atoms with E-state index in [4.69, 9.17) is 27.9 Å². The molecule has 7 heteroatoms. The molecule has 0 heterocycles. The van der Waals surface area contributed by atoms with Gasteiger partial charge in [-0.05, 0) is 49.6 Å². The molecule has 148 valence electrons. The lowest BCUT2D eigenvalue weighted by molar-refractivity contribution is -0.122. The van der Waals surface area contributed by atoms with Gasteiger partial charge in [-0.2, -0.15) is 0 Å². The van der Waals surface area contributed by atoms with Gasteiger partial charge in [0.1, 0.15) is 5.75 Å². The lowest BCUT2D eigenvalue weighted by atomic mass is 10.1. The van der Waals surface area contributed by atoms with Gasteiger partial charge < -0.3 is 15.4 Å². The first kappa shape index (κ1) is 20.5. The fourth-order valence-electron chi connectivity index (χ4n) is 2.67. The minimum Gasteiger partial charge on any atom is -0.493 e. The number of nitrogens with one attached hydrogen (secondary N) is 2. The smallest absolute Gasteiger partial charge is 0.227 e. The maximum atomic E-state index is 12.1. The van der Waals surface area contributed by atoms with E-state index < -0.39 is 0 Å². The molecule has 1 saturated carbocycles. The van der Waals surface area contributed by atoms with Gasteiger partial charge in [0.15, 0.2) is 0 Å². The summed E-state index contributed by atoms with van der Waals surface area (Å²) in [5.41, 5.74) is 1.73. The third-order valence-corrected chi connectivity index (χ3v) is 5.23. The number of amides is 2. The van der Waals surface area contributed by atoms with Crippen molar-refractivity contribution in [1.82, 2.24) is 5.32 Å². The Kier molecular flexibility index (Phi) is 6.81. The van der Waals surface area contributed by atoms with Gasteiger partial charge in [0.25, 0.3) is 0 Å². The second kappa shape index (κ2) is 9.30. The molecule has 1 aliphatic rings. The minimum atomic E-state index is -0.148. The van der Waals surface area contributed by atoms with E-state index >= 15 is 0 Å². The van der Waals surface area contributed by atoms with Crippen LogP contribution in [0.5, 0.6) is 5.75 Å². The van der Waals surface area contributed by atoms with Crippen LogP contribution in [0.2, 0.25) is 10.0 Å². The Morgan fingerprint density at radius 1 is 1.11 bits per heavy atom. The molecular weight excluding hydrogens is 399 g/mol. The average molecular weight is 421 g/mol. The summed E-state index contributed by atoms with van der Waals surface area (Å²) >= 11 is 11.8. The van der Waals surface area contributed by atoms with Gasteiger partial charge in [-0.15, -0.1) is 0 Å². The number of halogens is 2. The summed E-state index contributed by atoms with van der Waals surface area (Å²) in [7, 11) is 0. The maximum absolute atomic E-state index is 12.1. The lowest BCUT2D eigenvalue weighted by Crippen LogP contribution is -2.27. The van der Waals surface area contributed by atoms with Gasteiger partial charge in [-0.3, -0.25) is 9.59 Å². The fraction of sp³-hybridized carbons (Fsp3) is 0.333. The summed E-state index contributed by atoms with van der Waals surface area (Å²) in [4.78, 5) is 23.9. The van der Waals surface area contributed by atoms with E-state index in [0.29, 0.717) is 15.8 Å². The quantitative estimate of drug-likeness (QED) is 0.631. The molecule has 28 heavy (non-hydrogen) atoms. The Morgan fingerprint density at radius 3 is 2.46 bits per heavy atom. The highest BCUT2D eigenvalue weighted by molar-refractivity contribution is 6.42. The molecule has 0 saturated heterocycles. The largest absolute Gasteiger partial charge is 0.493 e. The highest BCUT2D eigenvalue weighted by atomic mass is 35.5. The molecule has 0 spiro atoms. The van der Waals surface area contributed by atoms with Crippen molar-refractivity contribution >= 4 is 40.7 Å². The zero-order valence-corrected chi connectivity index (χ0v) is 17.0. The maximum Gasteiger partial charge on any atom is 0.227 e. The molecule has 2 N–H and O–H groups in total. The molecular formula is C21H22Cl2N2O3. The first-order valence-corrected chi connectivity index (χ1v) is 9.96. The molecule has 1 aliphatic carbocycles. The van der Waals surface area contributed by atoms with E-state index in [0.717, 1.165) is 24.1 Å². The van der Waals surface area contributed by atoms with E-state index in [2.05, 4.69) is 10.6 Å². The first-order valence-electron chi connectivity index (χ1n) is 9.20. The van der Waals surface area contributed by atoms with E-state index in [1.165, 1.54) is 0 Å². The molecule has 0 aliphatic heterocycles. The third kappa shape index (κ3) is 5.88. The molecule has 1 atom stereocenters. The zero-order valence-electron chi connectivity index (χ0n) is 15.5. The molecule has 0 bridgehead atoms. The number of benzene rings is 2. The van der Waals surface area contributed by atoms with Gasteiger partial charge >= 0.3 is 0 Å². The molecule has 3 rings (SSSR count). The Labute approximate surface area is 174 Å². The molecule has 1 fully saturated rings. The first-order chi connectivity index (χ1) is 13.4.